The van der Waals surface area contributed by atoms with Crippen molar-refractivity contribution < 1.29 is 14.3 Å². The highest BCUT2D eigenvalue weighted by molar-refractivity contribution is 5.65. The first-order valence-electron chi connectivity index (χ1n) is 5.38. The Bertz CT molecular complexity index is 221. The van der Waals surface area contributed by atoms with Crippen LogP contribution in [-0.2, 0) is 14.3 Å². The lowest BCUT2D eigenvalue weighted by Crippen LogP contribution is -2.50. The van der Waals surface area contributed by atoms with Crippen molar-refractivity contribution >= 4 is 6.29 Å². The lowest BCUT2D eigenvalue weighted by atomic mass is 9.69. The molecule has 2 aliphatic rings. The van der Waals surface area contributed by atoms with Crippen LogP contribution in [0.2, 0.25) is 0 Å². The molecule has 1 spiro atoms. The second kappa shape index (κ2) is 3.63. The normalized spacial score (nSPS) is 36.1. The van der Waals surface area contributed by atoms with E-state index in [4.69, 9.17) is 9.47 Å². The van der Waals surface area contributed by atoms with Crippen LogP contribution < -0.4 is 0 Å². The van der Waals surface area contributed by atoms with E-state index in [1.165, 1.54) is 0 Å². The molecule has 1 atom stereocenters. The molecule has 0 radical (unpaired) electrons. The molecule has 2 fully saturated rings. The van der Waals surface area contributed by atoms with Crippen molar-refractivity contribution in [3.05, 3.63) is 0 Å². The largest absolute Gasteiger partial charge is 0.381 e. The molecule has 1 saturated heterocycles. The van der Waals surface area contributed by atoms with Gasteiger partial charge in [0.1, 0.15) is 5.60 Å². The van der Waals surface area contributed by atoms with Crippen LogP contribution in [0.3, 0.4) is 0 Å². The minimum atomic E-state index is -0.517. The predicted octanol–water partition coefficient (Wildman–Crippen LogP) is 1.55. The maximum atomic E-state index is 11.3. The van der Waals surface area contributed by atoms with Gasteiger partial charge in [0.2, 0.25) is 0 Å². The SMILES string of the molecule is COC1(C=O)CCCC12CCOCC2. The average Bonchev–Trinajstić information content (AvgIpc) is 2.58. The first-order valence-corrected chi connectivity index (χ1v) is 5.38. The van der Waals surface area contributed by atoms with Gasteiger partial charge in [-0.15, -0.1) is 0 Å². The number of hydrogen-bond donors (Lipinski definition) is 0. The van der Waals surface area contributed by atoms with Gasteiger partial charge in [-0.3, -0.25) is 0 Å². The van der Waals surface area contributed by atoms with Crippen LogP contribution in [0.5, 0.6) is 0 Å². The van der Waals surface area contributed by atoms with E-state index in [2.05, 4.69) is 0 Å². The summed E-state index contributed by atoms with van der Waals surface area (Å²) in [7, 11) is 1.66. The fourth-order valence-electron chi connectivity index (χ4n) is 3.15. The van der Waals surface area contributed by atoms with Gasteiger partial charge in [-0.2, -0.15) is 0 Å². The maximum absolute atomic E-state index is 11.3. The van der Waals surface area contributed by atoms with Crippen molar-refractivity contribution in [1.29, 1.82) is 0 Å². The molecule has 0 aromatic carbocycles. The van der Waals surface area contributed by atoms with Crippen molar-refractivity contribution in [2.45, 2.75) is 37.7 Å². The first-order chi connectivity index (χ1) is 6.79. The van der Waals surface area contributed by atoms with E-state index < -0.39 is 5.60 Å². The van der Waals surface area contributed by atoms with Gasteiger partial charge in [0.15, 0.2) is 6.29 Å². The van der Waals surface area contributed by atoms with Crippen LogP contribution >= 0.6 is 0 Å². The maximum Gasteiger partial charge on any atom is 0.152 e. The van der Waals surface area contributed by atoms with Gasteiger partial charge in [0, 0.05) is 25.7 Å². The van der Waals surface area contributed by atoms with Crippen molar-refractivity contribution in [3.63, 3.8) is 0 Å². The lowest BCUT2D eigenvalue weighted by molar-refractivity contribution is -0.154. The fourth-order valence-corrected chi connectivity index (χ4v) is 3.15. The van der Waals surface area contributed by atoms with Crippen LogP contribution in [0, 0.1) is 5.41 Å². The average molecular weight is 198 g/mol. The fraction of sp³-hybridized carbons (Fsp3) is 0.909. The Morgan fingerprint density at radius 2 is 1.93 bits per heavy atom. The Labute approximate surface area is 84.8 Å². The Morgan fingerprint density at radius 1 is 1.21 bits per heavy atom. The lowest BCUT2D eigenvalue weighted by Gasteiger charge is -2.44. The molecule has 3 heteroatoms. The summed E-state index contributed by atoms with van der Waals surface area (Å²) in [4.78, 5) is 11.3. The number of rotatable bonds is 2. The molecule has 0 aromatic rings. The quantitative estimate of drug-likeness (QED) is 0.631. The zero-order chi connectivity index (χ0) is 10.1. The molecule has 0 N–H and O–H groups in total. The minimum absolute atomic E-state index is 0.0712. The standard InChI is InChI=1S/C11H18O3/c1-13-11(9-12)4-2-3-10(11)5-7-14-8-6-10/h9H,2-8H2,1H3. The molecule has 1 aliphatic heterocycles. The third-order valence-electron chi connectivity index (χ3n) is 4.11. The van der Waals surface area contributed by atoms with Gasteiger partial charge in [0.05, 0.1) is 0 Å². The van der Waals surface area contributed by atoms with Gasteiger partial charge in [-0.25, -0.2) is 0 Å². The molecule has 0 aromatic heterocycles. The molecule has 2 rings (SSSR count). The molecule has 1 saturated carbocycles. The van der Waals surface area contributed by atoms with Crippen LogP contribution in [0.25, 0.3) is 0 Å². The van der Waals surface area contributed by atoms with Gasteiger partial charge < -0.3 is 14.3 Å². The Kier molecular flexibility index (Phi) is 2.62. The number of ether oxygens (including phenoxy) is 2. The van der Waals surface area contributed by atoms with E-state index >= 15 is 0 Å². The van der Waals surface area contributed by atoms with Crippen LogP contribution in [-0.4, -0.2) is 32.2 Å². The molecular formula is C11H18O3. The second-order valence-electron chi connectivity index (χ2n) is 4.46. The molecule has 1 heterocycles. The van der Waals surface area contributed by atoms with Crippen LogP contribution in [0.4, 0.5) is 0 Å². The molecule has 1 aliphatic carbocycles. The van der Waals surface area contributed by atoms with Gasteiger partial charge in [0.25, 0.3) is 0 Å². The van der Waals surface area contributed by atoms with E-state index in [-0.39, 0.29) is 5.41 Å². The van der Waals surface area contributed by atoms with E-state index in [1.807, 2.05) is 0 Å². The highest BCUT2D eigenvalue weighted by Crippen LogP contribution is 2.53. The Morgan fingerprint density at radius 3 is 2.50 bits per heavy atom. The number of aldehydes is 1. The molecule has 80 valence electrons. The van der Waals surface area contributed by atoms with Crippen molar-refractivity contribution in [3.8, 4) is 0 Å². The monoisotopic (exact) mass is 198 g/mol. The molecule has 0 amide bonds. The number of methoxy groups -OCH3 is 1. The van der Waals surface area contributed by atoms with E-state index in [0.29, 0.717) is 0 Å². The zero-order valence-electron chi connectivity index (χ0n) is 8.75. The minimum Gasteiger partial charge on any atom is -0.381 e. The Balaban J connectivity index is 2.26. The van der Waals surface area contributed by atoms with Crippen LogP contribution in [0.1, 0.15) is 32.1 Å². The predicted molar refractivity (Wildman–Crippen MR) is 52.1 cm³/mol. The molecule has 14 heavy (non-hydrogen) atoms. The summed E-state index contributed by atoms with van der Waals surface area (Å²) in [5.74, 6) is 0. The molecule has 3 nitrogen and oxygen atoms in total. The van der Waals surface area contributed by atoms with Crippen molar-refractivity contribution in [1.82, 2.24) is 0 Å². The van der Waals surface area contributed by atoms with Crippen LogP contribution in [0.15, 0.2) is 0 Å². The van der Waals surface area contributed by atoms with Gasteiger partial charge >= 0.3 is 0 Å². The number of carbonyl (C=O) groups excluding carboxylic acids is 1. The summed E-state index contributed by atoms with van der Waals surface area (Å²) in [5.41, 5.74) is -0.446. The van der Waals surface area contributed by atoms with Gasteiger partial charge in [-0.1, -0.05) is 0 Å². The summed E-state index contributed by atoms with van der Waals surface area (Å²) >= 11 is 0. The smallest absolute Gasteiger partial charge is 0.152 e. The van der Waals surface area contributed by atoms with Gasteiger partial charge in [-0.05, 0) is 32.1 Å². The summed E-state index contributed by atoms with van der Waals surface area (Å²) in [5, 5.41) is 0. The van der Waals surface area contributed by atoms with E-state index in [1.54, 1.807) is 7.11 Å². The topological polar surface area (TPSA) is 35.5 Å². The summed E-state index contributed by atoms with van der Waals surface area (Å²) in [6, 6.07) is 0. The van der Waals surface area contributed by atoms with Crippen molar-refractivity contribution in [2.24, 2.45) is 5.41 Å². The summed E-state index contributed by atoms with van der Waals surface area (Å²) in [6.45, 7) is 1.55. The second-order valence-corrected chi connectivity index (χ2v) is 4.46. The third-order valence-corrected chi connectivity index (χ3v) is 4.11. The van der Waals surface area contributed by atoms with E-state index in [9.17, 15) is 4.79 Å². The third kappa shape index (κ3) is 1.22. The molecule has 0 bridgehead atoms. The first kappa shape index (κ1) is 10.1. The summed E-state index contributed by atoms with van der Waals surface area (Å²) in [6.07, 6.45) is 6.08. The molecular weight excluding hydrogens is 180 g/mol. The highest BCUT2D eigenvalue weighted by atomic mass is 16.5. The number of hydrogen-bond acceptors (Lipinski definition) is 3. The Hall–Kier alpha value is -0.410. The number of carbonyl (C=O) groups is 1. The zero-order valence-corrected chi connectivity index (χ0v) is 8.75. The summed E-state index contributed by atoms with van der Waals surface area (Å²) < 4.78 is 10.9. The highest BCUT2D eigenvalue weighted by Gasteiger charge is 2.55. The van der Waals surface area contributed by atoms with Crippen molar-refractivity contribution in [2.75, 3.05) is 20.3 Å². The molecule has 1 unspecified atom stereocenters. The van der Waals surface area contributed by atoms with E-state index in [0.717, 1.165) is 51.6 Å².